The first-order valence-electron chi connectivity index (χ1n) is 3.86. The number of fused-ring (bicyclic) bond motifs is 1. The Morgan fingerprint density at radius 3 is 1.94 bits per heavy atom. The Morgan fingerprint density at radius 1 is 0.938 bits per heavy atom. The predicted molar refractivity (Wildman–Crippen MR) is 40.5 cm³/mol. The van der Waals surface area contributed by atoms with Crippen molar-refractivity contribution in [1.29, 1.82) is 0 Å². The van der Waals surface area contributed by atoms with Crippen molar-refractivity contribution in [3.05, 3.63) is 24.3 Å². The van der Waals surface area contributed by atoms with Gasteiger partial charge in [-0.25, -0.2) is 0 Å². The van der Waals surface area contributed by atoms with Crippen LogP contribution in [0.2, 0.25) is 0 Å². The first-order chi connectivity index (χ1) is 6.92. The largest absolute Gasteiger partial charge is 0.258 e. The summed E-state index contributed by atoms with van der Waals surface area (Å²) in [7, 11) is 0. The maximum Gasteiger partial charge on any atom is 0.112 e. The van der Waals surface area contributed by atoms with Crippen LogP contribution in [0.1, 0.15) is 0 Å². The second-order valence-corrected chi connectivity index (χ2v) is 6.25. The van der Waals surface area contributed by atoms with Crippen molar-refractivity contribution in [1.82, 2.24) is 15.4 Å². The van der Waals surface area contributed by atoms with Gasteiger partial charge in [0.15, 0.2) is 0 Å². The van der Waals surface area contributed by atoms with Crippen molar-refractivity contribution < 1.29 is 35.8 Å². The third-order valence-electron chi connectivity index (χ3n) is 1.23. The number of hydrogen-bond donors (Lipinski definition) is 1. The van der Waals surface area contributed by atoms with E-state index < -0.39 is 17.2 Å². The molecule has 0 saturated carbocycles. The van der Waals surface area contributed by atoms with E-state index in [4.69, 9.17) is 0 Å². The molecular weight excluding hydrogens is 276 g/mol. The number of nitrogens with zero attached hydrogens (tertiary/aromatic N) is 2. The molecule has 2 aromatic rings. The van der Waals surface area contributed by atoms with Gasteiger partial charge in [-0.3, -0.25) is 5.10 Å². The molecule has 1 aromatic heterocycles. The summed E-state index contributed by atoms with van der Waals surface area (Å²) in [5.74, 6) is 0. The minimum absolute atomic E-state index is 0.914. The molecule has 0 amide bonds. The maximum absolute atomic E-state index is 11.2. The van der Waals surface area contributed by atoms with Crippen LogP contribution in [0.25, 0.3) is 11.0 Å². The SMILES string of the molecule is [F][Ti]([F])([F])([F])([F])[F].c1ccc2[nH]nnc2c1. The van der Waals surface area contributed by atoms with Crippen LogP contribution < -0.4 is 0 Å². The van der Waals surface area contributed by atoms with Crippen molar-refractivity contribution >= 4 is 11.0 Å². The average Bonchev–Trinajstić information content (AvgIpc) is 2.44. The van der Waals surface area contributed by atoms with Crippen molar-refractivity contribution in [2.45, 2.75) is 0 Å². The van der Waals surface area contributed by atoms with E-state index in [1.54, 1.807) is 0 Å². The fourth-order valence-corrected chi connectivity index (χ4v) is 0.788. The normalized spacial score (nSPS) is 15.9. The van der Waals surface area contributed by atoms with Gasteiger partial charge >= 0.3 is 35.8 Å². The molecule has 90 valence electrons. The predicted octanol–water partition coefficient (Wildman–Crippen LogP) is 3.48. The molecule has 0 radical (unpaired) electrons. The van der Waals surface area contributed by atoms with Crippen LogP contribution in [0.5, 0.6) is 0 Å². The summed E-state index contributed by atoms with van der Waals surface area (Å²) in [5.41, 5.74) is 1.90. The number of benzene rings is 1. The van der Waals surface area contributed by atoms with Gasteiger partial charge in [0.25, 0.3) is 0 Å². The zero-order valence-electron chi connectivity index (χ0n) is 7.47. The molecule has 0 spiro atoms. The topological polar surface area (TPSA) is 41.6 Å². The minimum atomic E-state index is -11.2. The molecule has 3 nitrogen and oxygen atoms in total. The van der Waals surface area contributed by atoms with Gasteiger partial charge in [0.2, 0.25) is 0 Å². The summed E-state index contributed by atoms with van der Waals surface area (Å²) >= 11 is -11.2. The van der Waals surface area contributed by atoms with Crippen LogP contribution in [0.3, 0.4) is 0 Å². The number of H-pyrrole nitrogens is 1. The van der Waals surface area contributed by atoms with Gasteiger partial charge in [-0.1, -0.05) is 17.3 Å². The second kappa shape index (κ2) is 3.20. The molecule has 10 heteroatoms. The standard InChI is InChI=1S/C6H5N3.6FH.Ti/c1-2-4-6-5(3-1)7-9-8-6;;;;;;;/h1-4H,(H,7,8,9);6*1H;/q;;;;;;;+6/p-6. The Balaban J connectivity index is 0.000000168. The molecule has 0 unspecified atom stereocenters. The van der Waals surface area contributed by atoms with Gasteiger partial charge in [-0.05, 0) is 12.1 Å². The van der Waals surface area contributed by atoms with Crippen LogP contribution in [0, 0.1) is 0 Å². The molecule has 0 fully saturated rings. The van der Waals surface area contributed by atoms with Gasteiger partial charge in [0, 0.05) is 0 Å². The Bertz CT molecular complexity index is 447. The number of para-hydroxylation sites is 1. The van der Waals surface area contributed by atoms with Gasteiger partial charge in [0.05, 0.1) is 5.52 Å². The Hall–Kier alpha value is -1.09. The molecule has 0 atom stereocenters. The van der Waals surface area contributed by atoms with Crippen molar-refractivity contribution in [2.75, 3.05) is 0 Å². The molecule has 16 heavy (non-hydrogen) atoms. The zero-order valence-corrected chi connectivity index (χ0v) is 9.03. The molecule has 0 aliphatic carbocycles. The Labute approximate surface area is 86.9 Å². The number of halogens is 6. The fourth-order valence-electron chi connectivity index (χ4n) is 0.788. The summed E-state index contributed by atoms with van der Waals surface area (Å²) in [6.45, 7) is 0. The Kier molecular flexibility index (Phi) is 2.60. The van der Waals surface area contributed by atoms with Crippen molar-refractivity contribution in [3.8, 4) is 0 Å². The smallest absolute Gasteiger partial charge is 0.112 e. The van der Waals surface area contributed by atoms with Gasteiger partial charge < -0.3 is 0 Å². The van der Waals surface area contributed by atoms with E-state index in [0.717, 1.165) is 11.0 Å². The molecule has 1 N–H and O–H groups in total. The van der Waals surface area contributed by atoms with Gasteiger partial charge in [0.1, 0.15) is 5.52 Å². The molecule has 1 aromatic carbocycles. The zero-order chi connectivity index (χ0) is 12.5. The third-order valence-corrected chi connectivity index (χ3v) is 1.23. The molecular formula is C6H5F6N3Ti. The van der Waals surface area contributed by atoms with E-state index in [0.29, 0.717) is 0 Å². The number of rotatable bonds is 0. The number of hydrogen-bond acceptors (Lipinski definition) is 2. The quantitative estimate of drug-likeness (QED) is 0.593. The van der Waals surface area contributed by atoms with Crippen LogP contribution >= 0.6 is 0 Å². The molecule has 0 aliphatic heterocycles. The third kappa shape index (κ3) is 7.24. The number of aromatic nitrogens is 3. The Morgan fingerprint density at radius 2 is 1.44 bits per heavy atom. The number of nitrogens with one attached hydrogen (secondary N) is 1. The van der Waals surface area contributed by atoms with E-state index in [1.165, 1.54) is 0 Å². The van der Waals surface area contributed by atoms with Gasteiger partial charge in [-0.2, -0.15) is 0 Å². The molecule has 2 rings (SSSR count). The summed E-state index contributed by atoms with van der Waals surface area (Å²) in [6.07, 6.45) is 0. The first-order valence-corrected chi connectivity index (χ1v) is 7.40. The molecule has 0 bridgehead atoms. The van der Waals surface area contributed by atoms with E-state index in [9.17, 15) is 18.6 Å². The van der Waals surface area contributed by atoms with Crippen molar-refractivity contribution in [2.24, 2.45) is 0 Å². The fraction of sp³-hybridized carbons (Fsp3) is 0. The van der Waals surface area contributed by atoms with E-state index in [2.05, 4.69) is 15.4 Å². The second-order valence-electron chi connectivity index (χ2n) is 2.90. The van der Waals surface area contributed by atoms with Crippen LogP contribution in [-0.4, -0.2) is 15.4 Å². The summed E-state index contributed by atoms with van der Waals surface area (Å²) in [4.78, 5) is 0. The molecule has 0 saturated heterocycles. The monoisotopic (exact) mass is 281 g/mol. The first kappa shape index (κ1) is 13.0. The summed E-state index contributed by atoms with van der Waals surface area (Å²) in [5, 5.41) is 10.2. The minimum Gasteiger partial charge on any atom is -0.258 e. The molecule has 1 heterocycles. The molecule has 0 aliphatic rings. The van der Waals surface area contributed by atoms with Crippen LogP contribution in [0.15, 0.2) is 24.3 Å². The summed E-state index contributed by atoms with van der Waals surface area (Å²) in [6, 6.07) is 7.74. The summed E-state index contributed by atoms with van der Waals surface area (Å²) < 4.78 is 59.5. The van der Waals surface area contributed by atoms with E-state index >= 15 is 0 Å². The van der Waals surface area contributed by atoms with Crippen LogP contribution in [-0.2, 0) is 17.2 Å². The van der Waals surface area contributed by atoms with Crippen LogP contribution in [0.4, 0.5) is 18.6 Å². The average molecular weight is 281 g/mol. The van der Waals surface area contributed by atoms with Gasteiger partial charge in [-0.15, -0.1) is 5.10 Å². The van der Waals surface area contributed by atoms with E-state index in [-0.39, 0.29) is 0 Å². The maximum atomic E-state index is 9.92. The van der Waals surface area contributed by atoms with E-state index in [1.807, 2.05) is 24.3 Å². The number of aromatic amines is 1. The van der Waals surface area contributed by atoms with Crippen molar-refractivity contribution in [3.63, 3.8) is 0 Å².